The van der Waals surface area contributed by atoms with Gasteiger partial charge in [0.05, 0.1) is 11.4 Å². The van der Waals surface area contributed by atoms with Gasteiger partial charge in [0.15, 0.2) is 12.3 Å². The number of amides is 2. The largest absolute Gasteiger partial charge is 0.482 e. The highest BCUT2D eigenvalue weighted by Gasteiger charge is 2.59. The number of anilines is 2. The van der Waals surface area contributed by atoms with E-state index in [0.717, 1.165) is 24.2 Å². The van der Waals surface area contributed by atoms with Gasteiger partial charge in [0, 0.05) is 46.6 Å². The van der Waals surface area contributed by atoms with E-state index in [9.17, 15) is 22.8 Å². The molecule has 1 aromatic heterocycles. The van der Waals surface area contributed by atoms with E-state index in [2.05, 4.69) is 26.6 Å². The van der Waals surface area contributed by atoms with Crippen molar-refractivity contribution in [1.82, 2.24) is 25.5 Å². The first-order chi connectivity index (χ1) is 18.2. The SMILES string of the molecule is O=C(c1ccc2c(c1)NNN2)N1C[C@@H]2C3CN(C(=O)c4cc(OCC(F)(F)F)c(C5CC5)nn4)CC3[C@@H]2C1.[HH].[HH]. The lowest BCUT2D eigenvalue weighted by Gasteiger charge is -2.42. The number of hydrogen-bond donors (Lipinski definition) is 3. The van der Waals surface area contributed by atoms with Gasteiger partial charge in [-0.15, -0.1) is 10.6 Å². The Kier molecular flexibility index (Phi) is 5.23. The number of nitrogens with one attached hydrogen (secondary N) is 3. The second kappa shape index (κ2) is 8.45. The summed E-state index contributed by atoms with van der Waals surface area (Å²) in [6, 6.07) is 6.81. The molecule has 10 nitrogen and oxygen atoms in total. The van der Waals surface area contributed by atoms with Gasteiger partial charge in [0.1, 0.15) is 11.4 Å². The summed E-state index contributed by atoms with van der Waals surface area (Å²) >= 11 is 0. The Labute approximate surface area is 218 Å². The summed E-state index contributed by atoms with van der Waals surface area (Å²) in [7, 11) is 0. The first kappa shape index (κ1) is 23.5. The molecule has 0 bridgehead atoms. The molecule has 2 saturated carbocycles. The molecule has 4 atom stereocenters. The van der Waals surface area contributed by atoms with Crippen LogP contribution in [0.15, 0.2) is 24.3 Å². The van der Waals surface area contributed by atoms with Crippen molar-refractivity contribution in [1.29, 1.82) is 0 Å². The smallest absolute Gasteiger partial charge is 0.422 e. The maximum Gasteiger partial charge on any atom is 0.422 e. The van der Waals surface area contributed by atoms with Crippen LogP contribution in [-0.2, 0) is 0 Å². The molecule has 1 aromatic carbocycles. The molecule has 4 heterocycles. The zero-order valence-electron chi connectivity index (χ0n) is 20.3. The lowest BCUT2D eigenvalue weighted by Crippen LogP contribution is -2.44. The average molecular weight is 534 g/mol. The zero-order chi connectivity index (χ0) is 26.2. The van der Waals surface area contributed by atoms with E-state index in [0.29, 0.717) is 49.3 Å². The van der Waals surface area contributed by atoms with Crippen molar-refractivity contribution < 1.29 is 30.4 Å². The van der Waals surface area contributed by atoms with Gasteiger partial charge in [-0.25, -0.2) is 0 Å². The van der Waals surface area contributed by atoms with E-state index in [1.165, 1.54) is 6.07 Å². The second-order valence-electron chi connectivity index (χ2n) is 10.9. The highest BCUT2D eigenvalue weighted by Crippen LogP contribution is 2.54. The fourth-order valence-electron chi connectivity index (χ4n) is 6.51. The number of carbonyl (C=O) groups is 2. The normalized spacial score (nSPS) is 27.1. The standard InChI is InChI=1S/C25H26F3N7O3.2H2/c26-25(27,28)11-38-21-6-20(29-32-22(21)12-1-2-12)24(37)35-9-16-14-7-34(8-15(14)17(16)10-35)23(36)13-3-4-18-19(5-13)31-33-30-18;;/h3-6,12,14-17,30-31,33H,1-2,7-11H2;2*1H/t14-,15+,16?,17?;;. The molecule has 38 heavy (non-hydrogen) atoms. The second-order valence-corrected chi connectivity index (χ2v) is 10.9. The minimum absolute atomic E-state index is 0. The van der Waals surface area contributed by atoms with Gasteiger partial charge < -0.3 is 25.4 Å². The Balaban J connectivity index is 0.00000161. The number of fused-ring (bicyclic) bond motifs is 5. The summed E-state index contributed by atoms with van der Waals surface area (Å²) < 4.78 is 43.3. The summed E-state index contributed by atoms with van der Waals surface area (Å²) in [5.74, 6) is 0.907. The van der Waals surface area contributed by atoms with Crippen molar-refractivity contribution in [3.05, 3.63) is 41.2 Å². The third kappa shape index (κ3) is 3.99. The summed E-state index contributed by atoms with van der Waals surface area (Å²) in [6.45, 7) is 0.946. The van der Waals surface area contributed by atoms with Crippen LogP contribution in [0.2, 0.25) is 0 Å². The van der Waals surface area contributed by atoms with Crippen LogP contribution in [0, 0.1) is 23.7 Å². The number of hydrazine groups is 2. The number of hydrogen-bond acceptors (Lipinski definition) is 8. The van der Waals surface area contributed by atoms with Crippen molar-refractivity contribution in [2.24, 2.45) is 23.7 Å². The fraction of sp³-hybridized carbons (Fsp3) is 0.520. The molecule has 3 N–H and O–H groups in total. The zero-order valence-corrected chi connectivity index (χ0v) is 20.3. The number of benzene rings is 1. The maximum absolute atomic E-state index is 13.3. The molecule has 2 aliphatic carbocycles. The molecule has 204 valence electrons. The summed E-state index contributed by atoms with van der Waals surface area (Å²) in [6.07, 6.45) is -2.85. The van der Waals surface area contributed by atoms with E-state index in [1.54, 1.807) is 4.90 Å². The molecule has 3 aliphatic heterocycles. The Hall–Kier alpha value is -3.61. The van der Waals surface area contributed by atoms with Crippen LogP contribution in [0.3, 0.4) is 0 Å². The van der Waals surface area contributed by atoms with Gasteiger partial charge in [-0.05, 0) is 54.7 Å². The predicted molar refractivity (Wildman–Crippen MR) is 132 cm³/mol. The topological polar surface area (TPSA) is 112 Å². The van der Waals surface area contributed by atoms with Crippen molar-refractivity contribution in [2.75, 3.05) is 43.6 Å². The Morgan fingerprint density at radius 3 is 2.18 bits per heavy atom. The van der Waals surface area contributed by atoms with Gasteiger partial charge in [-0.1, -0.05) is 0 Å². The van der Waals surface area contributed by atoms with Gasteiger partial charge in [-0.3, -0.25) is 9.59 Å². The van der Waals surface area contributed by atoms with Crippen LogP contribution >= 0.6 is 0 Å². The Morgan fingerprint density at radius 2 is 1.55 bits per heavy atom. The quantitative estimate of drug-likeness (QED) is 0.538. The van der Waals surface area contributed by atoms with Crippen LogP contribution in [0.25, 0.3) is 0 Å². The lowest BCUT2D eigenvalue weighted by atomic mass is 9.60. The van der Waals surface area contributed by atoms with Crippen LogP contribution in [0.5, 0.6) is 5.75 Å². The average Bonchev–Trinajstić information content (AvgIpc) is 3.32. The number of halogens is 3. The van der Waals surface area contributed by atoms with E-state index in [4.69, 9.17) is 4.74 Å². The van der Waals surface area contributed by atoms with E-state index >= 15 is 0 Å². The van der Waals surface area contributed by atoms with Crippen molar-refractivity contribution in [3.8, 4) is 5.75 Å². The van der Waals surface area contributed by atoms with Gasteiger partial charge in [0.25, 0.3) is 11.8 Å². The number of rotatable bonds is 5. The Bertz CT molecular complexity index is 1310. The number of carbonyl (C=O) groups excluding carboxylic acids is 2. The number of alkyl halides is 3. The third-order valence-corrected chi connectivity index (χ3v) is 8.52. The van der Waals surface area contributed by atoms with Crippen LogP contribution < -0.4 is 21.1 Å². The Morgan fingerprint density at radius 1 is 0.921 bits per heavy atom. The molecule has 2 saturated heterocycles. The molecule has 2 unspecified atom stereocenters. The van der Waals surface area contributed by atoms with Crippen molar-refractivity contribution in [3.63, 3.8) is 0 Å². The molecular weight excluding hydrogens is 503 g/mol. The van der Waals surface area contributed by atoms with Gasteiger partial charge >= 0.3 is 6.18 Å². The van der Waals surface area contributed by atoms with Gasteiger partial charge in [0.2, 0.25) is 0 Å². The first-order valence-electron chi connectivity index (χ1n) is 12.8. The molecule has 7 rings (SSSR count). The monoisotopic (exact) mass is 533 g/mol. The van der Waals surface area contributed by atoms with Crippen LogP contribution in [-0.4, -0.2) is 70.8 Å². The maximum atomic E-state index is 13.3. The van der Waals surface area contributed by atoms with Crippen molar-refractivity contribution in [2.45, 2.75) is 24.9 Å². The fourth-order valence-corrected chi connectivity index (χ4v) is 6.51. The van der Waals surface area contributed by atoms with Crippen molar-refractivity contribution >= 4 is 23.2 Å². The van der Waals surface area contributed by atoms with E-state index in [-0.39, 0.29) is 43.9 Å². The number of aromatic nitrogens is 2. The minimum Gasteiger partial charge on any atom is -0.482 e. The summed E-state index contributed by atoms with van der Waals surface area (Å²) in [5.41, 5.74) is 11.5. The molecule has 0 spiro atoms. The highest BCUT2D eigenvalue weighted by molar-refractivity contribution is 5.97. The number of nitrogens with zero attached hydrogens (tertiary/aromatic N) is 4. The van der Waals surface area contributed by atoms with Crippen LogP contribution in [0.1, 0.15) is 48.2 Å². The molecule has 5 aliphatic rings. The lowest BCUT2D eigenvalue weighted by molar-refractivity contribution is -0.153. The van der Waals surface area contributed by atoms with E-state index < -0.39 is 12.8 Å². The third-order valence-electron chi connectivity index (χ3n) is 8.52. The summed E-state index contributed by atoms with van der Waals surface area (Å²) in [4.78, 5) is 30.0. The summed E-state index contributed by atoms with van der Waals surface area (Å²) in [5, 5.41) is 8.13. The van der Waals surface area contributed by atoms with Crippen LogP contribution in [0.4, 0.5) is 24.5 Å². The molecular formula is C25H30F3N7O3. The molecule has 13 heteroatoms. The highest BCUT2D eigenvalue weighted by atomic mass is 19.4. The molecule has 2 amide bonds. The van der Waals surface area contributed by atoms with E-state index in [1.807, 2.05) is 23.1 Å². The molecule has 2 aromatic rings. The van der Waals surface area contributed by atoms with Gasteiger partial charge in [-0.2, -0.15) is 18.3 Å². The first-order valence-corrected chi connectivity index (χ1v) is 12.8. The number of ether oxygens (including phenoxy) is 1. The minimum atomic E-state index is -4.48. The number of likely N-dealkylation sites (tertiary alicyclic amines) is 2. The predicted octanol–water partition coefficient (Wildman–Crippen LogP) is 3.13. The molecule has 0 radical (unpaired) electrons. The molecule has 4 fully saturated rings.